The first-order chi connectivity index (χ1) is 8.04. The normalized spacial score (nSPS) is 28.2. The monoisotopic (exact) mass is 256 g/mol. The van der Waals surface area contributed by atoms with Gasteiger partial charge >= 0.3 is 5.97 Å². The lowest BCUT2D eigenvalue weighted by molar-refractivity contribution is -0.151. The Balaban J connectivity index is 2.24. The zero-order valence-electron chi connectivity index (χ0n) is 9.39. The summed E-state index contributed by atoms with van der Waals surface area (Å²) in [5, 5.41) is 9.70. The van der Waals surface area contributed by atoms with E-state index < -0.39 is 11.4 Å². The number of carboxylic acids is 1. The standard InChI is InChI=1S/C11H13ClN2O3/c1-7-11(10(15)16,2-3-17-7)4-8-5-14-9(12)6-13-8/h5-7H,2-4H2,1H3,(H,15,16). The topological polar surface area (TPSA) is 72.3 Å². The van der Waals surface area contributed by atoms with Crippen molar-refractivity contribution >= 4 is 17.6 Å². The Kier molecular flexibility index (Phi) is 3.31. The largest absolute Gasteiger partial charge is 0.481 e. The van der Waals surface area contributed by atoms with Crippen LogP contribution in [0.2, 0.25) is 5.15 Å². The minimum atomic E-state index is -0.900. The van der Waals surface area contributed by atoms with Crippen LogP contribution in [-0.4, -0.2) is 33.8 Å². The molecule has 2 unspecified atom stereocenters. The molecule has 0 bridgehead atoms. The van der Waals surface area contributed by atoms with Gasteiger partial charge in [-0.25, -0.2) is 4.98 Å². The predicted octanol–water partition coefficient (Wildman–Crippen LogP) is 1.55. The Hall–Kier alpha value is -1.20. The van der Waals surface area contributed by atoms with Gasteiger partial charge in [0.05, 0.1) is 24.2 Å². The van der Waals surface area contributed by atoms with E-state index in [1.54, 1.807) is 6.92 Å². The second-order valence-corrected chi connectivity index (χ2v) is 4.62. The van der Waals surface area contributed by atoms with E-state index in [1.165, 1.54) is 12.4 Å². The predicted molar refractivity (Wildman–Crippen MR) is 60.8 cm³/mol. The van der Waals surface area contributed by atoms with Crippen LogP contribution in [0.15, 0.2) is 12.4 Å². The van der Waals surface area contributed by atoms with Crippen LogP contribution in [0.25, 0.3) is 0 Å². The van der Waals surface area contributed by atoms with Crippen LogP contribution in [0.3, 0.4) is 0 Å². The maximum atomic E-state index is 11.5. The number of rotatable bonds is 3. The number of aliphatic carboxylic acids is 1. The molecule has 5 nitrogen and oxygen atoms in total. The number of hydrogen-bond donors (Lipinski definition) is 1. The Labute approximate surface area is 104 Å². The van der Waals surface area contributed by atoms with Gasteiger partial charge in [-0.15, -0.1) is 0 Å². The van der Waals surface area contributed by atoms with Crippen LogP contribution in [0, 0.1) is 5.41 Å². The highest BCUT2D eigenvalue weighted by Gasteiger charge is 2.48. The molecule has 2 rings (SSSR count). The molecule has 17 heavy (non-hydrogen) atoms. The van der Waals surface area contributed by atoms with Crippen molar-refractivity contribution in [2.24, 2.45) is 5.41 Å². The first-order valence-electron chi connectivity index (χ1n) is 5.36. The Morgan fingerprint density at radius 3 is 2.88 bits per heavy atom. The zero-order chi connectivity index (χ0) is 12.5. The summed E-state index contributed by atoms with van der Waals surface area (Å²) in [6, 6.07) is 0. The van der Waals surface area contributed by atoms with E-state index in [2.05, 4.69) is 9.97 Å². The summed E-state index contributed by atoms with van der Waals surface area (Å²) < 4.78 is 5.37. The SMILES string of the molecule is CC1OCCC1(Cc1cnc(Cl)cn1)C(=O)O. The summed E-state index contributed by atoms with van der Waals surface area (Å²) in [6.07, 6.45) is 3.42. The van der Waals surface area contributed by atoms with E-state index in [4.69, 9.17) is 16.3 Å². The molecule has 2 atom stereocenters. The fraction of sp³-hybridized carbons (Fsp3) is 0.545. The average molecular weight is 257 g/mol. The molecule has 1 aliphatic rings. The van der Waals surface area contributed by atoms with E-state index in [1.807, 2.05) is 0 Å². The van der Waals surface area contributed by atoms with Crippen LogP contribution in [0.1, 0.15) is 19.0 Å². The third kappa shape index (κ3) is 2.25. The van der Waals surface area contributed by atoms with Crippen molar-refractivity contribution in [3.8, 4) is 0 Å². The fourth-order valence-electron chi connectivity index (χ4n) is 2.12. The summed E-state index contributed by atoms with van der Waals surface area (Å²) >= 11 is 5.64. The van der Waals surface area contributed by atoms with Crippen LogP contribution < -0.4 is 0 Å². The van der Waals surface area contributed by atoms with Crippen LogP contribution in [-0.2, 0) is 16.0 Å². The molecule has 0 amide bonds. The van der Waals surface area contributed by atoms with E-state index >= 15 is 0 Å². The van der Waals surface area contributed by atoms with Crippen molar-refractivity contribution in [2.75, 3.05) is 6.61 Å². The molecular weight excluding hydrogens is 244 g/mol. The van der Waals surface area contributed by atoms with Gasteiger partial charge in [-0.1, -0.05) is 11.6 Å². The molecule has 0 aliphatic carbocycles. The van der Waals surface area contributed by atoms with Gasteiger partial charge in [0.25, 0.3) is 0 Å². The molecule has 1 aromatic rings. The first-order valence-corrected chi connectivity index (χ1v) is 5.74. The lowest BCUT2D eigenvalue weighted by Crippen LogP contribution is -2.39. The molecule has 1 aliphatic heterocycles. The highest BCUT2D eigenvalue weighted by atomic mass is 35.5. The number of nitrogens with zero attached hydrogens (tertiary/aromatic N) is 2. The molecule has 1 fully saturated rings. The van der Waals surface area contributed by atoms with Gasteiger partial charge < -0.3 is 9.84 Å². The van der Waals surface area contributed by atoms with Gasteiger partial charge in [0.15, 0.2) is 0 Å². The van der Waals surface area contributed by atoms with Crippen molar-refractivity contribution in [3.05, 3.63) is 23.2 Å². The highest BCUT2D eigenvalue weighted by molar-refractivity contribution is 6.29. The van der Waals surface area contributed by atoms with E-state index in [9.17, 15) is 9.90 Å². The first kappa shape index (κ1) is 12.3. The summed E-state index contributed by atoms with van der Waals surface area (Å²) in [7, 11) is 0. The van der Waals surface area contributed by atoms with Gasteiger partial charge in [-0.2, -0.15) is 0 Å². The second kappa shape index (κ2) is 4.58. The van der Waals surface area contributed by atoms with Gasteiger partial charge in [0.2, 0.25) is 0 Å². The van der Waals surface area contributed by atoms with Crippen molar-refractivity contribution in [2.45, 2.75) is 25.9 Å². The number of carboxylic acid groups (broad SMARTS) is 1. The highest BCUT2D eigenvalue weighted by Crippen LogP contribution is 2.38. The molecule has 6 heteroatoms. The minimum absolute atomic E-state index is 0.300. The zero-order valence-corrected chi connectivity index (χ0v) is 10.1. The number of halogens is 1. The Bertz CT molecular complexity index is 423. The van der Waals surface area contributed by atoms with Gasteiger partial charge in [0.1, 0.15) is 10.6 Å². The molecule has 1 saturated heterocycles. The molecule has 1 aromatic heterocycles. The Morgan fingerprint density at radius 1 is 1.65 bits per heavy atom. The van der Waals surface area contributed by atoms with E-state index in [0.717, 1.165) is 0 Å². The summed E-state index contributed by atoms with van der Waals surface area (Å²) in [5.74, 6) is -0.848. The van der Waals surface area contributed by atoms with Crippen LogP contribution in [0.4, 0.5) is 0 Å². The third-order valence-electron chi connectivity index (χ3n) is 3.29. The van der Waals surface area contributed by atoms with Crippen molar-refractivity contribution < 1.29 is 14.6 Å². The Morgan fingerprint density at radius 2 is 2.41 bits per heavy atom. The summed E-state index contributed by atoms with van der Waals surface area (Å²) in [6.45, 7) is 2.25. The van der Waals surface area contributed by atoms with Crippen molar-refractivity contribution in [1.82, 2.24) is 9.97 Å². The van der Waals surface area contributed by atoms with Gasteiger partial charge in [-0.3, -0.25) is 9.78 Å². The number of hydrogen-bond acceptors (Lipinski definition) is 4. The van der Waals surface area contributed by atoms with Gasteiger partial charge in [0, 0.05) is 13.0 Å². The molecular formula is C11H13ClN2O3. The minimum Gasteiger partial charge on any atom is -0.481 e. The molecule has 0 radical (unpaired) electrons. The molecule has 2 heterocycles. The third-order valence-corrected chi connectivity index (χ3v) is 3.49. The lowest BCUT2D eigenvalue weighted by atomic mass is 9.77. The number of carbonyl (C=O) groups is 1. The van der Waals surface area contributed by atoms with Crippen molar-refractivity contribution in [3.63, 3.8) is 0 Å². The molecule has 0 aromatic carbocycles. The van der Waals surface area contributed by atoms with Crippen LogP contribution in [0.5, 0.6) is 0 Å². The number of aromatic nitrogens is 2. The smallest absolute Gasteiger partial charge is 0.312 e. The number of ether oxygens (including phenoxy) is 1. The molecule has 1 N–H and O–H groups in total. The average Bonchev–Trinajstić information content (AvgIpc) is 2.65. The molecule has 0 spiro atoms. The second-order valence-electron chi connectivity index (χ2n) is 4.23. The summed E-state index contributed by atoms with van der Waals surface area (Å²) in [5.41, 5.74) is -0.281. The maximum absolute atomic E-state index is 11.5. The van der Waals surface area contributed by atoms with E-state index in [0.29, 0.717) is 30.3 Å². The quantitative estimate of drug-likeness (QED) is 0.888. The molecule has 92 valence electrons. The lowest BCUT2D eigenvalue weighted by Gasteiger charge is -2.26. The van der Waals surface area contributed by atoms with Crippen molar-refractivity contribution in [1.29, 1.82) is 0 Å². The maximum Gasteiger partial charge on any atom is 0.312 e. The molecule has 0 saturated carbocycles. The van der Waals surface area contributed by atoms with Crippen LogP contribution >= 0.6 is 11.6 Å². The van der Waals surface area contributed by atoms with Gasteiger partial charge in [-0.05, 0) is 13.3 Å². The fourth-order valence-corrected chi connectivity index (χ4v) is 2.22. The van der Waals surface area contributed by atoms with E-state index in [-0.39, 0.29) is 6.10 Å². The summed E-state index contributed by atoms with van der Waals surface area (Å²) in [4.78, 5) is 19.4.